The molecule has 2 aromatic rings. The van der Waals surface area contributed by atoms with Crippen molar-refractivity contribution in [3.63, 3.8) is 0 Å². The molecule has 22 heavy (non-hydrogen) atoms. The molecule has 1 aromatic carbocycles. The molecule has 1 aromatic heterocycles. The number of hydrogen-bond acceptors (Lipinski definition) is 4. The van der Waals surface area contributed by atoms with Gasteiger partial charge in [-0.2, -0.15) is 0 Å². The van der Waals surface area contributed by atoms with Gasteiger partial charge in [0.2, 0.25) is 11.9 Å². The molecule has 1 unspecified atom stereocenters. The van der Waals surface area contributed by atoms with Crippen LogP contribution in [-0.2, 0) is 9.59 Å². The first-order valence-corrected chi connectivity index (χ1v) is 6.74. The van der Waals surface area contributed by atoms with Crippen LogP contribution in [0.3, 0.4) is 0 Å². The predicted octanol–water partition coefficient (Wildman–Crippen LogP) is 0.874. The Kier molecular flexibility index (Phi) is 3.46. The highest BCUT2D eigenvalue weighted by atomic mass is 16.4. The van der Waals surface area contributed by atoms with E-state index in [0.717, 1.165) is 5.56 Å². The number of aromatic nitrogens is 2. The summed E-state index contributed by atoms with van der Waals surface area (Å²) in [7, 11) is 0. The van der Waals surface area contributed by atoms with Crippen LogP contribution in [0.25, 0.3) is 11.3 Å². The quantitative estimate of drug-likeness (QED) is 0.875. The first kappa shape index (κ1) is 14.0. The Morgan fingerprint density at radius 2 is 2.00 bits per heavy atom. The Hall–Kier alpha value is -2.96. The van der Waals surface area contributed by atoms with Gasteiger partial charge in [0, 0.05) is 24.6 Å². The topological polar surface area (TPSA) is 103 Å². The van der Waals surface area contributed by atoms with E-state index in [4.69, 9.17) is 5.11 Å². The molecular formula is C15H13N3O4. The van der Waals surface area contributed by atoms with Gasteiger partial charge >= 0.3 is 5.97 Å². The molecule has 0 bridgehead atoms. The second kappa shape index (κ2) is 5.44. The number of benzene rings is 1. The molecule has 1 atom stereocenters. The zero-order valence-electron chi connectivity index (χ0n) is 11.5. The van der Waals surface area contributed by atoms with E-state index in [2.05, 4.69) is 9.97 Å². The van der Waals surface area contributed by atoms with Gasteiger partial charge in [0.05, 0.1) is 11.6 Å². The second-order valence-electron chi connectivity index (χ2n) is 5.06. The van der Waals surface area contributed by atoms with Gasteiger partial charge in [0.1, 0.15) is 0 Å². The molecule has 112 valence electrons. The number of nitrogens with one attached hydrogen (secondary N) is 1. The average molecular weight is 299 g/mol. The summed E-state index contributed by atoms with van der Waals surface area (Å²) < 4.78 is 0. The maximum Gasteiger partial charge on any atom is 0.308 e. The lowest BCUT2D eigenvalue weighted by atomic mass is 10.1. The van der Waals surface area contributed by atoms with Crippen LogP contribution in [0.15, 0.2) is 41.2 Å². The number of carboxylic acid groups (broad SMARTS) is 1. The highest BCUT2D eigenvalue weighted by Gasteiger charge is 2.36. The van der Waals surface area contributed by atoms with Crippen molar-refractivity contribution >= 4 is 17.8 Å². The fraction of sp³-hybridized carbons (Fsp3) is 0.200. The summed E-state index contributed by atoms with van der Waals surface area (Å²) in [5.74, 6) is -2.09. The largest absolute Gasteiger partial charge is 0.481 e. The van der Waals surface area contributed by atoms with Crippen LogP contribution < -0.4 is 10.5 Å². The van der Waals surface area contributed by atoms with Crippen LogP contribution in [-0.4, -0.2) is 33.5 Å². The van der Waals surface area contributed by atoms with Gasteiger partial charge in [0.15, 0.2) is 0 Å². The Morgan fingerprint density at radius 3 is 2.64 bits per heavy atom. The molecule has 0 radical (unpaired) electrons. The third-order valence-corrected chi connectivity index (χ3v) is 3.53. The van der Waals surface area contributed by atoms with Crippen molar-refractivity contribution in [2.75, 3.05) is 11.4 Å². The fourth-order valence-corrected chi connectivity index (χ4v) is 2.41. The minimum absolute atomic E-state index is 0.00928. The number of rotatable bonds is 3. The molecule has 1 saturated heterocycles. The Bertz CT molecular complexity index is 785. The van der Waals surface area contributed by atoms with Crippen LogP contribution in [0, 0.1) is 5.92 Å². The first-order chi connectivity index (χ1) is 10.5. The van der Waals surface area contributed by atoms with E-state index in [-0.39, 0.29) is 24.8 Å². The number of carbonyl (C=O) groups is 2. The molecule has 1 fully saturated rings. The Labute approximate surface area is 125 Å². The molecule has 0 spiro atoms. The number of aromatic amines is 1. The zero-order valence-corrected chi connectivity index (χ0v) is 11.5. The number of nitrogens with zero attached hydrogens (tertiary/aromatic N) is 2. The molecule has 2 N–H and O–H groups in total. The van der Waals surface area contributed by atoms with Crippen molar-refractivity contribution in [1.29, 1.82) is 0 Å². The number of carboxylic acids is 1. The Balaban J connectivity index is 1.99. The summed E-state index contributed by atoms with van der Waals surface area (Å²) in [6, 6.07) is 10.4. The van der Waals surface area contributed by atoms with Crippen molar-refractivity contribution in [2.24, 2.45) is 5.92 Å². The van der Waals surface area contributed by atoms with Gasteiger partial charge in [0.25, 0.3) is 5.56 Å². The molecular weight excluding hydrogens is 286 g/mol. The van der Waals surface area contributed by atoms with Gasteiger partial charge in [-0.25, -0.2) is 4.98 Å². The van der Waals surface area contributed by atoms with Crippen LogP contribution >= 0.6 is 0 Å². The number of hydrogen-bond donors (Lipinski definition) is 2. The summed E-state index contributed by atoms with van der Waals surface area (Å²) in [6.07, 6.45) is -0.0887. The summed E-state index contributed by atoms with van der Waals surface area (Å²) >= 11 is 0. The molecule has 1 amide bonds. The van der Waals surface area contributed by atoms with Gasteiger partial charge < -0.3 is 5.11 Å². The van der Waals surface area contributed by atoms with Crippen molar-refractivity contribution in [3.05, 3.63) is 46.8 Å². The van der Waals surface area contributed by atoms with Crippen LogP contribution in [0.5, 0.6) is 0 Å². The smallest absolute Gasteiger partial charge is 0.308 e. The minimum Gasteiger partial charge on any atom is -0.481 e. The van der Waals surface area contributed by atoms with Gasteiger partial charge in [-0.3, -0.25) is 24.3 Å². The molecule has 2 heterocycles. The number of carbonyl (C=O) groups excluding carboxylic acids is 1. The summed E-state index contributed by atoms with van der Waals surface area (Å²) in [4.78, 5) is 42.8. The third kappa shape index (κ3) is 2.60. The molecule has 0 saturated carbocycles. The van der Waals surface area contributed by atoms with Gasteiger partial charge in [-0.15, -0.1) is 0 Å². The minimum atomic E-state index is -1.03. The Morgan fingerprint density at radius 1 is 1.27 bits per heavy atom. The SMILES string of the molecule is O=C(O)C1CC(=O)N(c2nc(-c3ccccc3)cc(=O)[nH]2)C1. The summed E-state index contributed by atoms with van der Waals surface area (Å²) in [5, 5.41) is 9.01. The molecule has 1 aliphatic heterocycles. The van der Waals surface area contributed by atoms with Gasteiger partial charge in [-0.1, -0.05) is 30.3 Å². The predicted molar refractivity (Wildman–Crippen MR) is 78.4 cm³/mol. The molecule has 0 aliphatic carbocycles. The van der Waals surface area contributed by atoms with Crippen LogP contribution in [0.2, 0.25) is 0 Å². The van der Waals surface area contributed by atoms with Crippen molar-refractivity contribution < 1.29 is 14.7 Å². The van der Waals surface area contributed by atoms with E-state index >= 15 is 0 Å². The van der Waals surface area contributed by atoms with Crippen LogP contribution in [0.1, 0.15) is 6.42 Å². The van der Waals surface area contributed by atoms with Crippen molar-refractivity contribution in [2.45, 2.75) is 6.42 Å². The van der Waals surface area contributed by atoms with Crippen molar-refractivity contribution in [1.82, 2.24) is 9.97 Å². The fourth-order valence-electron chi connectivity index (χ4n) is 2.41. The lowest BCUT2D eigenvalue weighted by Crippen LogP contribution is -2.29. The maximum absolute atomic E-state index is 11.9. The van der Waals surface area contributed by atoms with E-state index in [1.807, 2.05) is 18.2 Å². The van der Waals surface area contributed by atoms with Crippen LogP contribution in [0.4, 0.5) is 5.95 Å². The summed E-state index contributed by atoms with van der Waals surface area (Å²) in [5.41, 5.74) is 0.789. The lowest BCUT2D eigenvalue weighted by molar-refractivity contribution is -0.141. The molecule has 1 aliphatic rings. The molecule has 7 heteroatoms. The normalized spacial score (nSPS) is 17.7. The highest BCUT2D eigenvalue weighted by molar-refractivity contribution is 5.98. The van der Waals surface area contributed by atoms with E-state index in [1.54, 1.807) is 12.1 Å². The lowest BCUT2D eigenvalue weighted by Gasteiger charge is -2.15. The third-order valence-electron chi connectivity index (χ3n) is 3.53. The van der Waals surface area contributed by atoms with E-state index in [9.17, 15) is 14.4 Å². The van der Waals surface area contributed by atoms with Crippen molar-refractivity contribution in [3.8, 4) is 11.3 Å². The van der Waals surface area contributed by atoms with Gasteiger partial charge in [-0.05, 0) is 0 Å². The van der Waals surface area contributed by atoms with E-state index in [0.29, 0.717) is 5.69 Å². The molecule has 7 nitrogen and oxygen atoms in total. The van der Waals surface area contributed by atoms with E-state index < -0.39 is 17.4 Å². The zero-order chi connectivity index (χ0) is 15.7. The number of amides is 1. The monoisotopic (exact) mass is 299 g/mol. The number of aliphatic carboxylic acids is 1. The first-order valence-electron chi connectivity index (χ1n) is 6.74. The second-order valence-corrected chi connectivity index (χ2v) is 5.06. The van der Waals surface area contributed by atoms with E-state index in [1.165, 1.54) is 11.0 Å². The summed E-state index contributed by atoms with van der Waals surface area (Å²) in [6.45, 7) is 0.00928. The standard InChI is InChI=1S/C15H13N3O4/c19-12-7-11(9-4-2-1-3-5-9)16-15(17-12)18-8-10(14(21)22)6-13(18)20/h1-5,7,10H,6,8H2,(H,21,22)(H,16,17,19). The number of H-pyrrole nitrogens is 1. The maximum atomic E-state index is 11.9. The average Bonchev–Trinajstić information content (AvgIpc) is 2.90. The number of anilines is 1. The highest BCUT2D eigenvalue weighted by Crippen LogP contribution is 2.23. The molecule has 3 rings (SSSR count).